The molecule has 3 heterocycles. The van der Waals surface area contributed by atoms with Gasteiger partial charge in [0.05, 0.1) is 0 Å². The Bertz CT molecular complexity index is 616. The second kappa shape index (κ2) is 5.62. The van der Waals surface area contributed by atoms with E-state index < -0.39 is 0 Å². The average Bonchev–Trinajstić information content (AvgIpc) is 2.91. The summed E-state index contributed by atoms with van der Waals surface area (Å²) in [5.41, 5.74) is 0.991. The standard InChI is InChI=1S/C13H16BN3O3/c1-19-12(18)6-9-8-20-5-4-17(9)13-10-2-3-14-7-11(10)15-16-13/h2-3,7,9H,4-6,8H2,1H3,(H,15,16). The van der Waals surface area contributed by atoms with E-state index in [1.807, 2.05) is 24.9 Å². The molecule has 0 radical (unpaired) electrons. The predicted molar refractivity (Wildman–Crippen MR) is 76.0 cm³/mol. The number of H-pyrrole nitrogens is 1. The molecule has 2 aromatic heterocycles. The fourth-order valence-electron chi connectivity index (χ4n) is 2.55. The van der Waals surface area contributed by atoms with E-state index >= 15 is 0 Å². The number of aromatic amines is 1. The molecule has 1 fully saturated rings. The van der Waals surface area contributed by atoms with Gasteiger partial charge in [-0.2, -0.15) is 0 Å². The topological polar surface area (TPSA) is 67.5 Å². The van der Waals surface area contributed by atoms with Crippen LogP contribution in [0.2, 0.25) is 0 Å². The van der Waals surface area contributed by atoms with Crippen LogP contribution in [-0.4, -0.2) is 56.0 Å². The average molecular weight is 273 g/mol. The molecule has 104 valence electrons. The molecule has 1 unspecified atom stereocenters. The molecule has 1 atom stereocenters. The first-order valence-corrected chi connectivity index (χ1v) is 6.64. The summed E-state index contributed by atoms with van der Waals surface area (Å²) in [7, 11) is 1.40. The van der Waals surface area contributed by atoms with Gasteiger partial charge in [-0.15, -0.1) is 0 Å². The second-order valence-corrected chi connectivity index (χ2v) is 4.80. The number of anilines is 1. The zero-order chi connectivity index (χ0) is 13.9. The van der Waals surface area contributed by atoms with Gasteiger partial charge in [0.15, 0.2) is 0 Å². The Morgan fingerprint density at radius 2 is 2.60 bits per heavy atom. The first kappa shape index (κ1) is 13.1. The van der Waals surface area contributed by atoms with E-state index in [9.17, 15) is 4.79 Å². The second-order valence-electron chi connectivity index (χ2n) is 4.80. The SMILES string of the molecule is COC(=O)CC1COCCN1c1n[nH]c2cbccc12. The van der Waals surface area contributed by atoms with Crippen LogP contribution in [0.15, 0.2) is 18.0 Å². The van der Waals surface area contributed by atoms with Gasteiger partial charge in [0.1, 0.15) is 0 Å². The number of carbonyl (C=O) groups excluding carboxylic acids is 1. The van der Waals surface area contributed by atoms with E-state index in [4.69, 9.17) is 9.47 Å². The van der Waals surface area contributed by atoms with Crippen LogP contribution in [-0.2, 0) is 14.3 Å². The molecule has 0 aliphatic carbocycles. The molecular weight excluding hydrogens is 257 g/mol. The van der Waals surface area contributed by atoms with E-state index in [0.29, 0.717) is 19.6 Å². The van der Waals surface area contributed by atoms with Gasteiger partial charge in [-0.3, -0.25) is 0 Å². The van der Waals surface area contributed by atoms with Crippen molar-refractivity contribution in [3.05, 3.63) is 18.0 Å². The third kappa shape index (κ3) is 2.41. The van der Waals surface area contributed by atoms with Crippen molar-refractivity contribution in [3.8, 4) is 0 Å². The summed E-state index contributed by atoms with van der Waals surface area (Å²) in [5.74, 6) is 4.61. The number of ether oxygens (including phenoxy) is 2. The van der Waals surface area contributed by atoms with E-state index in [1.165, 1.54) is 7.11 Å². The van der Waals surface area contributed by atoms with Gasteiger partial charge in [0.2, 0.25) is 0 Å². The number of nitrogens with one attached hydrogen (secondary N) is 1. The summed E-state index contributed by atoms with van der Waals surface area (Å²) in [6.45, 7) is 3.83. The summed E-state index contributed by atoms with van der Waals surface area (Å²) < 4.78 is 10.2. The van der Waals surface area contributed by atoms with Crippen molar-refractivity contribution in [2.75, 3.05) is 31.8 Å². The number of nitrogens with zero attached hydrogens (tertiary/aromatic N) is 2. The normalized spacial score (nSPS) is 19.1. The number of morpholine rings is 1. The van der Waals surface area contributed by atoms with Gasteiger partial charge in [0, 0.05) is 0 Å². The van der Waals surface area contributed by atoms with Crippen LogP contribution < -0.4 is 4.90 Å². The molecule has 0 spiro atoms. The van der Waals surface area contributed by atoms with Gasteiger partial charge < -0.3 is 0 Å². The Labute approximate surface area is 117 Å². The summed E-state index contributed by atoms with van der Waals surface area (Å²) in [5, 5.41) is 8.48. The maximum atomic E-state index is 11.5. The number of hydrogen-bond donors (Lipinski definition) is 1. The molecule has 1 saturated heterocycles. The van der Waals surface area contributed by atoms with Crippen LogP contribution in [0.25, 0.3) is 10.9 Å². The van der Waals surface area contributed by atoms with Crippen molar-refractivity contribution in [1.29, 1.82) is 0 Å². The van der Waals surface area contributed by atoms with Gasteiger partial charge in [0.25, 0.3) is 0 Å². The van der Waals surface area contributed by atoms with E-state index in [1.54, 1.807) is 0 Å². The zero-order valence-corrected chi connectivity index (χ0v) is 11.3. The van der Waals surface area contributed by atoms with E-state index in [0.717, 1.165) is 23.3 Å². The summed E-state index contributed by atoms with van der Waals surface area (Å²) >= 11 is 0. The number of fused-ring (bicyclic) bond motifs is 1. The monoisotopic (exact) mass is 273 g/mol. The molecule has 0 bridgehead atoms. The molecule has 0 saturated carbocycles. The van der Waals surface area contributed by atoms with E-state index in [-0.39, 0.29) is 12.0 Å². The van der Waals surface area contributed by atoms with Crippen LogP contribution in [0, 0.1) is 0 Å². The summed E-state index contributed by atoms with van der Waals surface area (Å²) in [4.78, 5) is 13.7. The number of carbonyl (C=O) groups is 1. The molecule has 6 nitrogen and oxygen atoms in total. The molecule has 0 amide bonds. The number of methoxy groups -OCH3 is 1. The minimum absolute atomic E-state index is 0.0390. The molecule has 20 heavy (non-hydrogen) atoms. The van der Waals surface area contributed by atoms with Crippen LogP contribution in [0.3, 0.4) is 0 Å². The Morgan fingerprint density at radius 1 is 1.70 bits per heavy atom. The number of hydrogen-bond acceptors (Lipinski definition) is 5. The van der Waals surface area contributed by atoms with E-state index in [2.05, 4.69) is 15.1 Å². The summed E-state index contributed by atoms with van der Waals surface area (Å²) in [6, 6.07) is 1.99. The van der Waals surface area contributed by atoms with Crippen LogP contribution in [0.1, 0.15) is 6.42 Å². The van der Waals surface area contributed by atoms with Crippen LogP contribution >= 0.6 is 0 Å². The van der Waals surface area contributed by atoms with Crippen molar-refractivity contribution >= 4 is 29.6 Å². The van der Waals surface area contributed by atoms with Crippen molar-refractivity contribution < 1.29 is 14.3 Å². The Hall–Kier alpha value is -1.89. The quantitative estimate of drug-likeness (QED) is 0.832. The Kier molecular flexibility index (Phi) is 3.69. The molecule has 1 N–H and O–H groups in total. The van der Waals surface area contributed by atoms with Crippen LogP contribution in [0.5, 0.6) is 0 Å². The number of aromatic nitrogens is 2. The molecule has 2 aromatic rings. The van der Waals surface area contributed by atoms with Gasteiger partial charge in [-0.1, -0.05) is 0 Å². The fourth-order valence-corrected chi connectivity index (χ4v) is 2.55. The van der Waals surface area contributed by atoms with Crippen molar-refractivity contribution in [1.82, 2.24) is 10.2 Å². The first-order valence-electron chi connectivity index (χ1n) is 6.64. The molecular formula is C13H16BN3O3. The predicted octanol–water partition coefficient (Wildman–Crippen LogP) is 0.669. The van der Waals surface area contributed by atoms with Crippen molar-refractivity contribution in [3.63, 3.8) is 0 Å². The van der Waals surface area contributed by atoms with Gasteiger partial charge >= 0.3 is 116 Å². The van der Waals surface area contributed by atoms with Gasteiger partial charge in [-0.25, -0.2) is 0 Å². The van der Waals surface area contributed by atoms with Gasteiger partial charge in [-0.05, 0) is 0 Å². The zero-order valence-electron chi connectivity index (χ0n) is 11.3. The molecule has 3 rings (SSSR count). The Balaban J connectivity index is 1.91. The minimum atomic E-state index is -0.231. The summed E-state index contributed by atoms with van der Waals surface area (Å²) in [6.07, 6.45) is 0.303. The Morgan fingerprint density at radius 3 is 3.45 bits per heavy atom. The molecule has 7 heteroatoms. The fraction of sp³-hybridized carbons (Fsp3) is 0.462. The first-order chi connectivity index (χ1) is 9.79. The molecule has 1 aliphatic rings. The van der Waals surface area contributed by atoms with Crippen molar-refractivity contribution in [2.24, 2.45) is 0 Å². The molecule has 0 aromatic carbocycles. The number of esters is 1. The molecule has 1 aliphatic heterocycles. The van der Waals surface area contributed by atoms with Crippen LogP contribution in [0.4, 0.5) is 5.82 Å². The third-order valence-electron chi connectivity index (χ3n) is 3.58. The number of rotatable bonds is 3. The third-order valence-corrected chi connectivity index (χ3v) is 3.58. The van der Waals surface area contributed by atoms with Crippen molar-refractivity contribution in [2.45, 2.75) is 12.5 Å². The maximum absolute atomic E-state index is 11.5.